The molecule has 3 heterocycles. The van der Waals surface area contributed by atoms with Gasteiger partial charge in [0, 0.05) is 49.5 Å². The first-order chi connectivity index (χ1) is 12.2. The number of hydrogen-bond acceptors (Lipinski definition) is 5. The Bertz CT molecular complexity index is 721. The number of benzene rings is 1. The maximum Gasteiger partial charge on any atom is 0.253 e. The lowest BCUT2D eigenvalue weighted by atomic mass is 9.85. The minimum Gasteiger partial charge on any atom is -0.444 e. The predicted octanol–water partition coefficient (Wildman–Crippen LogP) is 2.28. The van der Waals surface area contributed by atoms with Crippen LogP contribution in [0.2, 0.25) is 0 Å². The minimum absolute atomic E-state index is 0.0614. The summed E-state index contributed by atoms with van der Waals surface area (Å²) in [5.74, 6) is 0.808. The monoisotopic (exact) mass is 341 g/mol. The lowest BCUT2D eigenvalue weighted by Crippen LogP contribution is -2.63. The van der Waals surface area contributed by atoms with Crippen LogP contribution in [0.15, 0.2) is 41.3 Å². The molecule has 2 fully saturated rings. The van der Waals surface area contributed by atoms with E-state index in [1.807, 2.05) is 29.2 Å². The van der Waals surface area contributed by atoms with Crippen LogP contribution in [0.25, 0.3) is 11.3 Å². The zero-order chi connectivity index (χ0) is 17.3. The fraction of sp³-hybridized carbons (Fsp3) is 0.474. The second-order valence-electron chi connectivity index (χ2n) is 6.93. The molecule has 2 saturated heterocycles. The summed E-state index contributed by atoms with van der Waals surface area (Å²) < 4.78 is 10.8. The highest BCUT2D eigenvalue weighted by Crippen LogP contribution is 2.31. The topological polar surface area (TPSA) is 58.8 Å². The molecule has 6 nitrogen and oxygen atoms in total. The standard InChI is InChI=1S/C19H23N3O3/c1-21-8-9-22(13-19(21)6-10-24-11-7-19)18(23)16-4-2-15(3-5-16)17-12-20-14-25-17/h2-5,12,14H,6-11,13H2,1H3. The third-order valence-corrected chi connectivity index (χ3v) is 5.56. The van der Waals surface area contributed by atoms with E-state index in [1.165, 1.54) is 6.39 Å². The van der Waals surface area contributed by atoms with E-state index in [9.17, 15) is 4.79 Å². The molecular weight excluding hydrogens is 318 g/mol. The smallest absolute Gasteiger partial charge is 0.253 e. The minimum atomic E-state index is 0.0614. The maximum absolute atomic E-state index is 13.0. The van der Waals surface area contributed by atoms with Crippen molar-refractivity contribution in [3.63, 3.8) is 0 Å². The highest BCUT2D eigenvalue weighted by molar-refractivity contribution is 5.94. The van der Waals surface area contributed by atoms with Crippen LogP contribution in [0.5, 0.6) is 0 Å². The largest absolute Gasteiger partial charge is 0.444 e. The molecule has 1 spiro atoms. The van der Waals surface area contributed by atoms with Gasteiger partial charge in [0.15, 0.2) is 12.2 Å². The summed E-state index contributed by atoms with van der Waals surface area (Å²) in [4.78, 5) is 21.3. The summed E-state index contributed by atoms with van der Waals surface area (Å²) in [5, 5.41) is 0. The van der Waals surface area contributed by atoms with Gasteiger partial charge < -0.3 is 14.1 Å². The zero-order valence-corrected chi connectivity index (χ0v) is 14.5. The molecule has 0 radical (unpaired) electrons. The van der Waals surface area contributed by atoms with Crippen molar-refractivity contribution in [2.45, 2.75) is 18.4 Å². The van der Waals surface area contributed by atoms with Crippen LogP contribution < -0.4 is 0 Å². The molecular formula is C19H23N3O3. The van der Waals surface area contributed by atoms with Crippen molar-refractivity contribution in [2.24, 2.45) is 0 Å². The van der Waals surface area contributed by atoms with E-state index < -0.39 is 0 Å². The number of oxazole rings is 1. The zero-order valence-electron chi connectivity index (χ0n) is 14.5. The highest BCUT2D eigenvalue weighted by atomic mass is 16.5. The van der Waals surface area contributed by atoms with Gasteiger partial charge in [0.1, 0.15) is 0 Å². The second kappa shape index (κ2) is 6.61. The van der Waals surface area contributed by atoms with Gasteiger partial charge in [-0.1, -0.05) is 12.1 Å². The van der Waals surface area contributed by atoms with Gasteiger partial charge in [-0.15, -0.1) is 0 Å². The number of ether oxygens (including phenoxy) is 1. The summed E-state index contributed by atoms with van der Waals surface area (Å²) in [6.07, 6.45) is 5.05. The molecule has 132 valence electrons. The van der Waals surface area contributed by atoms with Crippen LogP contribution in [0, 0.1) is 0 Å². The molecule has 2 aromatic rings. The third-order valence-electron chi connectivity index (χ3n) is 5.56. The van der Waals surface area contributed by atoms with Gasteiger partial charge in [0.25, 0.3) is 5.91 Å². The average Bonchev–Trinajstić information content (AvgIpc) is 3.19. The van der Waals surface area contributed by atoms with Crippen molar-refractivity contribution >= 4 is 5.91 Å². The Morgan fingerprint density at radius 1 is 1.16 bits per heavy atom. The van der Waals surface area contributed by atoms with Gasteiger partial charge >= 0.3 is 0 Å². The van der Waals surface area contributed by atoms with Crippen molar-refractivity contribution in [3.8, 4) is 11.3 Å². The Hall–Kier alpha value is -2.18. The highest BCUT2D eigenvalue weighted by Gasteiger charge is 2.42. The summed E-state index contributed by atoms with van der Waals surface area (Å²) in [6.45, 7) is 4.00. The average molecular weight is 341 g/mol. The van der Waals surface area contributed by atoms with Crippen LogP contribution in [0.4, 0.5) is 0 Å². The van der Waals surface area contributed by atoms with Gasteiger partial charge in [0.05, 0.1) is 6.20 Å². The Balaban J connectivity index is 1.50. The van der Waals surface area contributed by atoms with Crippen molar-refractivity contribution in [1.29, 1.82) is 0 Å². The second-order valence-corrected chi connectivity index (χ2v) is 6.93. The Labute approximate surface area is 147 Å². The Kier molecular flexibility index (Phi) is 4.31. The number of nitrogens with zero attached hydrogens (tertiary/aromatic N) is 3. The van der Waals surface area contributed by atoms with E-state index in [0.717, 1.165) is 56.8 Å². The predicted molar refractivity (Wildman–Crippen MR) is 93.3 cm³/mol. The molecule has 1 amide bonds. The van der Waals surface area contributed by atoms with Crippen LogP contribution in [-0.2, 0) is 4.74 Å². The molecule has 0 bridgehead atoms. The van der Waals surface area contributed by atoms with Crippen molar-refractivity contribution in [3.05, 3.63) is 42.4 Å². The first-order valence-electron chi connectivity index (χ1n) is 8.75. The van der Waals surface area contributed by atoms with Crippen molar-refractivity contribution in [2.75, 3.05) is 39.9 Å². The molecule has 0 atom stereocenters. The van der Waals surface area contributed by atoms with E-state index in [-0.39, 0.29) is 11.4 Å². The summed E-state index contributed by atoms with van der Waals surface area (Å²) in [7, 11) is 2.17. The Morgan fingerprint density at radius 3 is 2.60 bits per heavy atom. The molecule has 6 heteroatoms. The molecule has 2 aliphatic rings. The Morgan fingerprint density at radius 2 is 1.92 bits per heavy atom. The summed E-state index contributed by atoms with van der Waals surface area (Å²) in [6, 6.07) is 7.56. The van der Waals surface area contributed by atoms with Gasteiger partial charge in [-0.05, 0) is 32.0 Å². The fourth-order valence-electron chi connectivity index (χ4n) is 3.85. The number of aromatic nitrogens is 1. The van der Waals surface area contributed by atoms with Crippen LogP contribution >= 0.6 is 0 Å². The van der Waals surface area contributed by atoms with E-state index in [2.05, 4.69) is 16.9 Å². The number of piperazine rings is 1. The number of hydrogen-bond donors (Lipinski definition) is 0. The third kappa shape index (κ3) is 3.07. The van der Waals surface area contributed by atoms with Crippen LogP contribution in [-0.4, -0.2) is 66.1 Å². The number of carbonyl (C=O) groups excluding carboxylic acids is 1. The normalized spacial score (nSPS) is 20.8. The lowest BCUT2D eigenvalue weighted by Gasteiger charge is -2.51. The van der Waals surface area contributed by atoms with Crippen LogP contribution in [0.3, 0.4) is 0 Å². The van der Waals surface area contributed by atoms with Gasteiger partial charge in [0.2, 0.25) is 0 Å². The van der Waals surface area contributed by atoms with Crippen molar-refractivity contribution < 1.29 is 13.9 Å². The molecule has 4 rings (SSSR count). The number of likely N-dealkylation sites (N-methyl/N-ethyl adjacent to an activating group) is 1. The summed E-state index contributed by atoms with van der Waals surface area (Å²) in [5.41, 5.74) is 1.70. The van der Waals surface area contributed by atoms with E-state index >= 15 is 0 Å². The molecule has 25 heavy (non-hydrogen) atoms. The maximum atomic E-state index is 13.0. The SMILES string of the molecule is CN1CCN(C(=O)c2ccc(-c3cnco3)cc2)CC12CCOCC2. The van der Waals surface area contributed by atoms with E-state index in [4.69, 9.17) is 9.15 Å². The van der Waals surface area contributed by atoms with Gasteiger partial charge in [-0.2, -0.15) is 0 Å². The molecule has 0 aliphatic carbocycles. The first-order valence-corrected chi connectivity index (χ1v) is 8.75. The quantitative estimate of drug-likeness (QED) is 0.839. The van der Waals surface area contributed by atoms with Crippen LogP contribution in [0.1, 0.15) is 23.2 Å². The molecule has 2 aliphatic heterocycles. The lowest BCUT2D eigenvalue weighted by molar-refractivity contribution is -0.0543. The summed E-state index contributed by atoms with van der Waals surface area (Å²) >= 11 is 0. The van der Waals surface area contributed by atoms with Crippen molar-refractivity contribution in [1.82, 2.24) is 14.8 Å². The van der Waals surface area contributed by atoms with Gasteiger partial charge in [-0.3, -0.25) is 9.69 Å². The number of rotatable bonds is 2. The van der Waals surface area contributed by atoms with Gasteiger partial charge in [-0.25, -0.2) is 4.98 Å². The fourth-order valence-corrected chi connectivity index (χ4v) is 3.85. The van der Waals surface area contributed by atoms with E-state index in [0.29, 0.717) is 5.76 Å². The molecule has 1 aromatic heterocycles. The first kappa shape index (κ1) is 16.3. The van der Waals surface area contributed by atoms with E-state index in [1.54, 1.807) is 6.20 Å². The molecule has 0 unspecified atom stereocenters. The molecule has 0 N–H and O–H groups in total. The number of carbonyl (C=O) groups is 1. The molecule has 0 saturated carbocycles. The molecule has 1 aromatic carbocycles. The number of amides is 1.